The molecule has 0 aliphatic carbocycles. The van der Waals surface area contributed by atoms with Gasteiger partial charge in [0.25, 0.3) is 0 Å². The Balaban J connectivity index is 1.56. The number of benzene rings is 1. The standard InChI is InChI=1S/C19H21Cl2N3O2/c1-13-5-6-15(20)19(18(13)21)22-17(25)12-23-10-7-14(8-11-23)16-4-2-3-9-24(16)26/h2-6,9,14H,7-8,10-12H2,1H3,(H,22,25). The number of rotatable bonds is 4. The van der Waals surface area contributed by atoms with Crippen molar-refractivity contribution in [1.29, 1.82) is 0 Å². The van der Waals surface area contributed by atoms with E-state index < -0.39 is 0 Å². The summed E-state index contributed by atoms with van der Waals surface area (Å²) in [6.45, 7) is 3.68. The first-order chi connectivity index (χ1) is 12.5. The largest absolute Gasteiger partial charge is 0.618 e. The van der Waals surface area contributed by atoms with Gasteiger partial charge < -0.3 is 10.5 Å². The Labute approximate surface area is 163 Å². The number of piperidine rings is 1. The van der Waals surface area contributed by atoms with Gasteiger partial charge in [-0.2, -0.15) is 4.73 Å². The van der Waals surface area contributed by atoms with Gasteiger partial charge in [0.15, 0.2) is 11.9 Å². The van der Waals surface area contributed by atoms with Gasteiger partial charge in [-0.25, -0.2) is 0 Å². The van der Waals surface area contributed by atoms with E-state index in [1.807, 2.05) is 25.1 Å². The molecule has 7 heteroatoms. The molecule has 1 amide bonds. The van der Waals surface area contributed by atoms with E-state index in [2.05, 4.69) is 10.2 Å². The number of hydrogen-bond donors (Lipinski definition) is 1. The normalized spacial score (nSPS) is 15.8. The van der Waals surface area contributed by atoms with E-state index in [1.54, 1.807) is 12.1 Å². The van der Waals surface area contributed by atoms with Crippen LogP contribution >= 0.6 is 23.2 Å². The van der Waals surface area contributed by atoms with Crippen molar-refractivity contribution >= 4 is 34.8 Å². The minimum Gasteiger partial charge on any atom is -0.618 e. The van der Waals surface area contributed by atoms with E-state index in [0.717, 1.165) is 41.9 Å². The van der Waals surface area contributed by atoms with E-state index in [4.69, 9.17) is 23.2 Å². The van der Waals surface area contributed by atoms with Crippen molar-refractivity contribution in [3.8, 4) is 0 Å². The number of aromatic nitrogens is 1. The maximum atomic E-state index is 12.4. The van der Waals surface area contributed by atoms with E-state index in [1.165, 1.54) is 6.20 Å². The Morgan fingerprint density at radius 1 is 1.27 bits per heavy atom. The highest BCUT2D eigenvalue weighted by Gasteiger charge is 2.26. The number of amides is 1. The molecular weight excluding hydrogens is 373 g/mol. The van der Waals surface area contributed by atoms with E-state index >= 15 is 0 Å². The summed E-state index contributed by atoms with van der Waals surface area (Å²) in [4.78, 5) is 14.5. The first kappa shape index (κ1) is 19.0. The van der Waals surface area contributed by atoms with Crippen molar-refractivity contribution in [3.63, 3.8) is 0 Å². The molecule has 26 heavy (non-hydrogen) atoms. The van der Waals surface area contributed by atoms with Crippen LogP contribution in [0.2, 0.25) is 10.0 Å². The van der Waals surface area contributed by atoms with Gasteiger partial charge in [-0.3, -0.25) is 9.69 Å². The van der Waals surface area contributed by atoms with Crippen LogP contribution in [0.1, 0.15) is 30.0 Å². The number of nitrogens with zero attached hydrogens (tertiary/aromatic N) is 2. The zero-order valence-electron chi connectivity index (χ0n) is 14.5. The van der Waals surface area contributed by atoms with E-state index in [0.29, 0.717) is 15.7 Å². The quantitative estimate of drug-likeness (QED) is 0.635. The van der Waals surface area contributed by atoms with Crippen LogP contribution in [0.4, 0.5) is 5.69 Å². The third kappa shape index (κ3) is 4.29. The van der Waals surface area contributed by atoms with Crippen LogP contribution in [-0.2, 0) is 4.79 Å². The molecule has 5 nitrogen and oxygen atoms in total. The van der Waals surface area contributed by atoms with Crippen molar-refractivity contribution < 1.29 is 9.52 Å². The number of anilines is 1. The van der Waals surface area contributed by atoms with Gasteiger partial charge in [0.2, 0.25) is 5.91 Å². The summed E-state index contributed by atoms with van der Waals surface area (Å²) in [7, 11) is 0. The second-order valence-corrected chi connectivity index (χ2v) is 7.39. The Morgan fingerprint density at radius 3 is 2.69 bits per heavy atom. The predicted octanol–water partition coefficient (Wildman–Crippen LogP) is 3.75. The lowest BCUT2D eigenvalue weighted by atomic mass is 9.93. The van der Waals surface area contributed by atoms with Gasteiger partial charge in [0, 0.05) is 18.1 Å². The highest BCUT2D eigenvalue weighted by molar-refractivity contribution is 6.40. The van der Waals surface area contributed by atoms with Gasteiger partial charge in [-0.1, -0.05) is 35.3 Å². The van der Waals surface area contributed by atoms with Crippen LogP contribution < -0.4 is 10.0 Å². The SMILES string of the molecule is Cc1ccc(Cl)c(NC(=O)CN2CCC(c3cccc[n+]3[O-])CC2)c1Cl. The van der Waals surface area contributed by atoms with Gasteiger partial charge >= 0.3 is 0 Å². The van der Waals surface area contributed by atoms with Crippen LogP contribution in [0.25, 0.3) is 0 Å². The molecule has 138 valence electrons. The monoisotopic (exact) mass is 393 g/mol. The molecule has 0 unspecified atom stereocenters. The van der Waals surface area contributed by atoms with Gasteiger partial charge in [0.05, 0.1) is 22.3 Å². The molecule has 1 aliphatic rings. The molecule has 2 heterocycles. The molecule has 1 aliphatic heterocycles. The number of carbonyl (C=O) groups is 1. The van der Waals surface area contributed by atoms with Crippen molar-refractivity contribution in [2.45, 2.75) is 25.7 Å². The fraction of sp³-hybridized carbons (Fsp3) is 0.368. The van der Waals surface area contributed by atoms with Crippen molar-refractivity contribution in [2.75, 3.05) is 25.0 Å². The van der Waals surface area contributed by atoms with Gasteiger partial charge in [-0.15, -0.1) is 0 Å². The summed E-state index contributed by atoms with van der Waals surface area (Å²) in [5, 5.41) is 15.6. The molecule has 1 saturated heterocycles. The molecule has 2 aromatic rings. The Kier molecular flexibility index (Phi) is 6.01. The molecular formula is C19H21Cl2N3O2. The third-order valence-corrected chi connectivity index (χ3v) is 5.58. The van der Waals surface area contributed by atoms with Crippen LogP contribution in [-0.4, -0.2) is 30.4 Å². The molecule has 0 saturated carbocycles. The van der Waals surface area contributed by atoms with Gasteiger partial charge in [-0.05, 0) is 44.5 Å². The minimum absolute atomic E-state index is 0.142. The fourth-order valence-corrected chi connectivity index (χ4v) is 3.76. The summed E-state index contributed by atoms with van der Waals surface area (Å²) in [5.74, 6) is 0.0881. The lowest BCUT2D eigenvalue weighted by Gasteiger charge is -2.30. The lowest BCUT2D eigenvalue weighted by Crippen LogP contribution is -2.41. The maximum Gasteiger partial charge on any atom is 0.238 e. The molecule has 1 aromatic heterocycles. The zero-order valence-corrected chi connectivity index (χ0v) is 16.1. The lowest BCUT2D eigenvalue weighted by molar-refractivity contribution is -0.616. The first-order valence-corrected chi connectivity index (χ1v) is 9.36. The number of hydrogen-bond acceptors (Lipinski definition) is 3. The molecule has 1 fully saturated rings. The second kappa shape index (κ2) is 8.25. The highest BCUT2D eigenvalue weighted by atomic mass is 35.5. The Bertz CT molecular complexity index is 805. The molecule has 0 atom stereocenters. The molecule has 0 radical (unpaired) electrons. The predicted molar refractivity (Wildman–Crippen MR) is 104 cm³/mol. The van der Waals surface area contributed by atoms with Crippen LogP contribution in [0.15, 0.2) is 36.5 Å². The number of aryl methyl sites for hydroxylation is 1. The summed E-state index contributed by atoms with van der Waals surface area (Å²) in [5.41, 5.74) is 2.13. The Hall–Kier alpha value is -1.82. The summed E-state index contributed by atoms with van der Waals surface area (Å²) < 4.78 is 0.939. The fourth-order valence-electron chi connectivity index (χ4n) is 3.30. The highest BCUT2D eigenvalue weighted by Crippen LogP contribution is 2.33. The second-order valence-electron chi connectivity index (χ2n) is 6.60. The van der Waals surface area contributed by atoms with Crippen LogP contribution in [0, 0.1) is 12.1 Å². The summed E-state index contributed by atoms with van der Waals surface area (Å²) >= 11 is 12.4. The number of carbonyl (C=O) groups excluding carboxylic acids is 1. The number of likely N-dealkylation sites (tertiary alicyclic amines) is 1. The molecule has 0 bridgehead atoms. The average Bonchev–Trinajstić information content (AvgIpc) is 2.63. The smallest absolute Gasteiger partial charge is 0.238 e. The van der Waals surface area contributed by atoms with Gasteiger partial charge in [0.1, 0.15) is 0 Å². The Morgan fingerprint density at radius 2 is 2.00 bits per heavy atom. The van der Waals surface area contributed by atoms with E-state index in [-0.39, 0.29) is 18.4 Å². The summed E-state index contributed by atoms with van der Waals surface area (Å²) in [6.07, 6.45) is 3.24. The summed E-state index contributed by atoms with van der Waals surface area (Å²) in [6, 6.07) is 9.04. The first-order valence-electron chi connectivity index (χ1n) is 8.60. The zero-order chi connectivity index (χ0) is 18.7. The molecule has 1 N–H and O–H groups in total. The minimum atomic E-state index is -0.142. The average molecular weight is 394 g/mol. The van der Waals surface area contributed by atoms with Crippen molar-refractivity contribution in [1.82, 2.24) is 4.90 Å². The van der Waals surface area contributed by atoms with Crippen molar-refractivity contribution in [2.24, 2.45) is 0 Å². The van der Waals surface area contributed by atoms with Crippen LogP contribution in [0.5, 0.6) is 0 Å². The molecule has 0 spiro atoms. The number of nitrogens with one attached hydrogen (secondary N) is 1. The number of pyridine rings is 1. The third-order valence-electron chi connectivity index (χ3n) is 4.78. The van der Waals surface area contributed by atoms with Crippen LogP contribution in [0.3, 0.4) is 0 Å². The molecule has 1 aromatic carbocycles. The topological polar surface area (TPSA) is 59.3 Å². The van der Waals surface area contributed by atoms with E-state index in [9.17, 15) is 10.0 Å². The van der Waals surface area contributed by atoms with Crippen molar-refractivity contribution in [3.05, 3.63) is 63.0 Å². The maximum absolute atomic E-state index is 12.4. The number of halogens is 2. The molecule has 3 rings (SSSR count).